The lowest BCUT2D eigenvalue weighted by molar-refractivity contribution is -0.116. The van der Waals surface area contributed by atoms with Crippen molar-refractivity contribution in [2.24, 2.45) is 0 Å². The first-order valence-electron chi connectivity index (χ1n) is 8.84. The van der Waals surface area contributed by atoms with Gasteiger partial charge in [-0.05, 0) is 47.8 Å². The van der Waals surface area contributed by atoms with Gasteiger partial charge >= 0.3 is 0 Å². The normalized spacial score (nSPS) is 10.7. The predicted molar refractivity (Wildman–Crippen MR) is 107 cm³/mol. The van der Waals surface area contributed by atoms with Crippen LogP contribution in [0.1, 0.15) is 12.3 Å². The van der Waals surface area contributed by atoms with E-state index in [-0.39, 0.29) is 18.1 Å². The maximum Gasteiger partial charge on any atom is 0.227 e. The molecule has 0 atom stereocenters. The molecule has 0 unspecified atom stereocenters. The van der Waals surface area contributed by atoms with E-state index >= 15 is 0 Å². The highest BCUT2D eigenvalue weighted by Gasteiger charge is 2.11. The smallest absolute Gasteiger partial charge is 0.227 e. The quantitative estimate of drug-likeness (QED) is 0.448. The Bertz CT molecular complexity index is 1090. The standard InChI is InChI=1S/C21H16FN3O3S/c22-15-2-1-3-18(12-15)27-17-6-4-16(5-7-17)23-19(26)8-9-20-24-21(25-28-20)14-10-11-29-13-14/h1-7,10-13H,8-9H2,(H,23,26). The van der Waals surface area contributed by atoms with Crippen molar-refractivity contribution in [1.29, 1.82) is 0 Å². The first kappa shape index (κ1) is 18.8. The Morgan fingerprint density at radius 2 is 2.00 bits per heavy atom. The highest BCUT2D eigenvalue weighted by Crippen LogP contribution is 2.24. The molecule has 4 aromatic rings. The second-order valence-electron chi connectivity index (χ2n) is 6.16. The van der Waals surface area contributed by atoms with Gasteiger partial charge in [0.25, 0.3) is 0 Å². The van der Waals surface area contributed by atoms with E-state index in [0.717, 1.165) is 5.56 Å². The number of thiophene rings is 1. The molecule has 0 saturated carbocycles. The van der Waals surface area contributed by atoms with E-state index in [1.165, 1.54) is 12.1 Å². The Morgan fingerprint density at radius 3 is 2.76 bits per heavy atom. The number of amides is 1. The molecule has 8 heteroatoms. The number of nitrogens with one attached hydrogen (secondary N) is 1. The number of hydrogen-bond acceptors (Lipinski definition) is 6. The molecule has 0 spiro atoms. The van der Waals surface area contributed by atoms with E-state index in [2.05, 4.69) is 15.5 Å². The molecule has 1 N–H and O–H groups in total. The van der Waals surface area contributed by atoms with Gasteiger partial charge in [0.05, 0.1) is 0 Å². The van der Waals surface area contributed by atoms with Crippen molar-refractivity contribution >= 4 is 22.9 Å². The van der Waals surface area contributed by atoms with Crippen LogP contribution in [0.2, 0.25) is 0 Å². The summed E-state index contributed by atoms with van der Waals surface area (Å²) in [5.41, 5.74) is 1.53. The van der Waals surface area contributed by atoms with Crippen LogP contribution in [0.3, 0.4) is 0 Å². The van der Waals surface area contributed by atoms with Gasteiger partial charge in [0.15, 0.2) is 0 Å². The number of anilines is 1. The summed E-state index contributed by atoms with van der Waals surface area (Å²) in [5, 5.41) is 10.6. The highest BCUT2D eigenvalue weighted by molar-refractivity contribution is 7.08. The van der Waals surface area contributed by atoms with Crippen molar-refractivity contribution in [2.45, 2.75) is 12.8 Å². The molecule has 29 heavy (non-hydrogen) atoms. The van der Waals surface area contributed by atoms with Gasteiger partial charge in [-0.1, -0.05) is 11.2 Å². The largest absolute Gasteiger partial charge is 0.457 e. The fraction of sp³-hybridized carbons (Fsp3) is 0.0952. The number of halogens is 1. The maximum absolute atomic E-state index is 13.2. The van der Waals surface area contributed by atoms with Gasteiger partial charge < -0.3 is 14.6 Å². The average molecular weight is 409 g/mol. The average Bonchev–Trinajstić information content (AvgIpc) is 3.40. The van der Waals surface area contributed by atoms with Crippen molar-refractivity contribution in [1.82, 2.24) is 10.1 Å². The summed E-state index contributed by atoms with van der Waals surface area (Å²) >= 11 is 1.55. The number of nitrogens with zero attached hydrogens (tertiary/aromatic N) is 2. The van der Waals surface area contributed by atoms with Crippen LogP contribution in [-0.4, -0.2) is 16.0 Å². The Labute approximate surface area is 170 Å². The summed E-state index contributed by atoms with van der Waals surface area (Å²) in [6.45, 7) is 0. The third kappa shape index (κ3) is 5.05. The van der Waals surface area contributed by atoms with Crippen LogP contribution in [0.4, 0.5) is 10.1 Å². The molecule has 0 saturated heterocycles. The molecule has 0 aliphatic carbocycles. The summed E-state index contributed by atoms with van der Waals surface area (Å²) < 4.78 is 24.0. The third-order valence-corrected chi connectivity index (χ3v) is 4.67. The molecule has 4 rings (SSSR count). The van der Waals surface area contributed by atoms with Crippen molar-refractivity contribution in [3.8, 4) is 22.9 Å². The maximum atomic E-state index is 13.2. The van der Waals surface area contributed by atoms with E-state index in [1.807, 2.05) is 16.8 Å². The van der Waals surface area contributed by atoms with Crippen LogP contribution in [0.5, 0.6) is 11.5 Å². The molecule has 0 fully saturated rings. The number of aryl methyl sites for hydroxylation is 1. The zero-order valence-electron chi connectivity index (χ0n) is 15.2. The van der Waals surface area contributed by atoms with Crippen LogP contribution in [0, 0.1) is 5.82 Å². The van der Waals surface area contributed by atoms with Crippen molar-refractivity contribution < 1.29 is 18.4 Å². The highest BCUT2D eigenvalue weighted by atomic mass is 32.1. The van der Waals surface area contributed by atoms with E-state index < -0.39 is 0 Å². The lowest BCUT2D eigenvalue weighted by Gasteiger charge is -2.08. The molecule has 0 aliphatic heterocycles. The molecule has 2 heterocycles. The number of ether oxygens (including phenoxy) is 1. The third-order valence-electron chi connectivity index (χ3n) is 3.98. The number of carbonyl (C=O) groups excluding carboxylic acids is 1. The Kier molecular flexibility index (Phi) is 5.62. The molecular formula is C21H16FN3O3S. The minimum atomic E-state index is -0.366. The Hall–Kier alpha value is -3.52. The van der Waals surface area contributed by atoms with Gasteiger partial charge in [0.1, 0.15) is 17.3 Å². The summed E-state index contributed by atoms with van der Waals surface area (Å²) in [6.07, 6.45) is 0.566. The SMILES string of the molecule is O=C(CCc1nc(-c2ccsc2)no1)Nc1ccc(Oc2cccc(F)c2)cc1. The fourth-order valence-electron chi connectivity index (χ4n) is 2.58. The summed E-state index contributed by atoms with van der Waals surface area (Å²) in [7, 11) is 0. The van der Waals surface area contributed by atoms with Crippen molar-refractivity contribution in [3.63, 3.8) is 0 Å². The number of hydrogen-bond donors (Lipinski definition) is 1. The van der Waals surface area contributed by atoms with Gasteiger partial charge in [0.2, 0.25) is 17.6 Å². The van der Waals surface area contributed by atoms with Gasteiger partial charge in [-0.3, -0.25) is 4.79 Å². The van der Waals surface area contributed by atoms with Gasteiger partial charge in [0, 0.05) is 35.5 Å². The molecule has 0 bridgehead atoms. The zero-order valence-corrected chi connectivity index (χ0v) is 16.0. The molecule has 0 aliphatic rings. The molecule has 146 valence electrons. The molecule has 2 aromatic heterocycles. The second-order valence-corrected chi connectivity index (χ2v) is 6.94. The lowest BCUT2D eigenvalue weighted by atomic mass is 10.2. The minimum absolute atomic E-state index is 0.168. The van der Waals surface area contributed by atoms with E-state index in [9.17, 15) is 9.18 Å². The second kappa shape index (κ2) is 8.66. The molecule has 6 nitrogen and oxygen atoms in total. The predicted octanol–water partition coefficient (Wildman–Crippen LogP) is 5.30. The van der Waals surface area contributed by atoms with Crippen LogP contribution >= 0.6 is 11.3 Å². The Morgan fingerprint density at radius 1 is 1.14 bits per heavy atom. The Balaban J connectivity index is 1.28. The summed E-state index contributed by atoms with van der Waals surface area (Å²) in [4.78, 5) is 16.5. The topological polar surface area (TPSA) is 77.2 Å². The van der Waals surface area contributed by atoms with Crippen LogP contribution in [0.25, 0.3) is 11.4 Å². The zero-order chi connectivity index (χ0) is 20.1. The number of rotatable bonds is 7. The number of benzene rings is 2. The minimum Gasteiger partial charge on any atom is -0.457 e. The fourth-order valence-corrected chi connectivity index (χ4v) is 3.22. The van der Waals surface area contributed by atoms with E-state index in [1.54, 1.807) is 47.7 Å². The van der Waals surface area contributed by atoms with Gasteiger partial charge in [-0.2, -0.15) is 16.3 Å². The molecule has 0 radical (unpaired) electrons. The van der Waals surface area contributed by atoms with Crippen LogP contribution < -0.4 is 10.1 Å². The van der Waals surface area contributed by atoms with E-state index in [4.69, 9.17) is 9.26 Å². The van der Waals surface area contributed by atoms with E-state index in [0.29, 0.717) is 35.3 Å². The molecule has 1 amide bonds. The monoisotopic (exact) mass is 409 g/mol. The number of carbonyl (C=O) groups is 1. The molecular weight excluding hydrogens is 393 g/mol. The number of aromatic nitrogens is 2. The first-order valence-corrected chi connectivity index (χ1v) is 9.78. The van der Waals surface area contributed by atoms with Crippen LogP contribution in [0.15, 0.2) is 69.9 Å². The molecule has 2 aromatic carbocycles. The van der Waals surface area contributed by atoms with Crippen molar-refractivity contribution in [3.05, 3.63) is 77.1 Å². The summed E-state index contributed by atoms with van der Waals surface area (Å²) in [6, 6.07) is 14.6. The van der Waals surface area contributed by atoms with Gasteiger partial charge in [-0.15, -0.1) is 0 Å². The van der Waals surface area contributed by atoms with Crippen LogP contribution in [-0.2, 0) is 11.2 Å². The van der Waals surface area contributed by atoms with Gasteiger partial charge in [-0.25, -0.2) is 4.39 Å². The van der Waals surface area contributed by atoms with Crippen molar-refractivity contribution in [2.75, 3.05) is 5.32 Å². The lowest BCUT2D eigenvalue weighted by Crippen LogP contribution is -2.12. The summed E-state index contributed by atoms with van der Waals surface area (Å²) in [5.74, 6) is 1.36. The first-order chi connectivity index (χ1) is 14.2.